The molecule has 0 unspecified atom stereocenters. The second-order valence-corrected chi connectivity index (χ2v) is 6.76. The first-order chi connectivity index (χ1) is 8.84. The van der Waals surface area contributed by atoms with Crippen LogP contribution >= 0.6 is 0 Å². The average molecular weight is 287 g/mol. The van der Waals surface area contributed by atoms with Crippen LogP contribution in [0.2, 0.25) is 0 Å². The lowest BCUT2D eigenvalue weighted by molar-refractivity contribution is 0.0510. The quantitative estimate of drug-likeness (QED) is 0.618. The molecule has 1 aromatic rings. The third-order valence-electron chi connectivity index (χ3n) is 2.12. The first kappa shape index (κ1) is 15.8. The fraction of sp³-hybridized carbons (Fsp3) is 0.462. The Hall–Kier alpha value is -1.27. The summed E-state index contributed by atoms with van der Waals surface area (Å²) < 4.78 is 38.6. The molecule has 0 fully saturated rings. The molecule has 0 radical (unpaired) electrons. The highest BCUT2D eigenvalue weighted by atomic mass is 32.2. The van der Waals surface area contributed by atoms with E-state index in [0.717, 1.165) is 0 Å². The number of ether oxygens (including phenoxy) is 2. The highest BCUT2D eigenvalue weighted by Gasteiger charge is 2.18. The molecule has 0 aliphatic carbocycles. The maximum Gasteiger partial charge on any atom is 0.188 e. The normalized spacial score (nSPS) is 13.7. The molecule has 0 aromatic heterocycles. The summed E-state index contributed by atoms with van der Waals surface area (Å²) in [5.41, 5.74) is 0.426. The van der Waals surface area contributed by atoms with E-state index in [1.807, 2.05) is 20.8 Å². The number of hydrogen-bond acceptors (Lipinski definition) is 3. The molecule has 19 heavy (non-hydrogen) atoms. The number of nitrogens with zero attached hydrogens (tertiary/aromatic N) is 1. The Bertz CT molecular complexity index is 483. The van der Waals surface area contributed by atoms with Crippen molar-refractivity contribution in [3.63, 3.8) is 0 Å². The van der Waals surface area contributed by atoms with Crippen molar-refractivity contribution in [3.8, 4) is 5.75 Å². The van der Waals surface area contributed by atoms with Crippen molar-refractivity contribution in [1.82, 2.24) is 0 Å². The van der Waals surface area contributed by atoms with Gasteiger partial charge >= 0.3 is 0 Å². The predicted octanol–water partition coefficient (Wildman–Crippen LogP) is 2.69. The van der Waals surface area contributed by atoms with E-state index in [0.29, 0.717) is 11.3 Å². The summed E-state index contributed by atoms with van der Waals surface area (Å²) >= 11 is 0. The number of halogens is 1. The summed E-state index contributed by atoms with van der Waals surface area (Å²) in [4.78, 5) is 0. The molecule has 1 atom stereocenters. The fourth-order valence-corrected chi connectivity index (χ4v) is 1.66. The van der Waals surface area contributed by atoms with Crippen molar-refractivity contribution in [2.24, 2.45) is 4.40 Å². The van der Waals surface area contributed by atoms with Crippen LogP contribution in [0.15, 0.2) is 22.6 Å². The lowest BCUT2D eigenvalue weighted by Gasteiger charge is -2.13. The van der Waals surface area contributed by atoms with Crippen LogP contribution in [0.5, 0.6) is 5.75 Å². The third kappa shape index (κ3) is 5.08. The van der Waals surface area contributed by atoms with Gasteiger partial charge in [-0.3, -0.25) is 0 Å². The van der Waals surface area contributed by atoms with Gasteiger partial charge in [0.05, 0.1) is 4.75 Å². The Labute approximate surface area is 115 Å². The Morgan fingerprint density at radius 3 is 2.68 bits per heavy atom. The Balaban J connectivity index is 2.95. The molecule has 0 aliphatic rings. The molecule has 0 saturated carbocycles. The molecule has 6 heteroatoms. The molecule has 0 spiro atoms. The molecular formula is C13H18FNO3S. The minimum atomic E-state index is -1.40. The van der Waals surface area contributed by atoms with Crippen LogP contribution in [-0.2, 0) is 15.7 Å². The zero-order valence-corrected chi connectivity index (χ0v) is 12.3. The Morgan fingerprint density at radius 1 is 1.42 bits per heavy atom. The van der Waals surface area contributed by atoms with Crippen LogP contribution in [0.1, 0.15) is 26.3 Å². The van der Waals surface area contributed by atoms with Crippen molar-refractivity contribution in [3.05, 3.63) is 29.6 Å². The first-order valence-electron chi connectivity index (χ1n) is 5.72. The van der Waals surface area contributed by atoms with Crippen molar-refractivity contribution in [2.75, 3.05) is 13.9 Å². The van der Waals surface area contributed by atoms with Gasteiger partial charge in [-0.15, -0.1) is 0 Å². The van der Waals surface area contributed by atoms with Gasteiger partial charge in [0.1, 0.15) is 22.6 Å². The molecule has 1 rings (SSSR count). The van der Waals surface area contributed by atoms with Crippen LogP contribution in [0.4, 0.5) is 4.39 Å². The molecular weight excluding hydrogens is 269 g/mol. The van der Waals surface area contributed by atoms with E-state index in [1.54, 1.807) is 0 Å². The fourth-order valence-electron chi connectivity index (χ4n) is 1.14. The van der Waals surface area contributed by atoms with E-state index >= 15 is 0 Å². The van der Waals surface area contributed by atoms with Gasteiger partial charge in [0.15, 0.2) is 6.79 Å². The van der Waals surface area contributed by atoms with Gasteiger partial charge in [-0.2, -0.15) is 4.40 Å². The molecule has 0 bridgehead atoms. The van der Waals surface area contributed by atoms with E-state index in [1.165, 1.54) is 31.5 Å². The smallest absolute Gasteiger partial charge is 0.188 e. The van der Waals surface area contributed by atoms with Crippen LogP contribution in [-0.4, -0.2) is 29.1 Å². The van der Waals surface area contributed by atoms with E-state index in [-0.39, 0.29) is 6.79 Å². The molecule has 0 N–H and O–H groups in total. The van der Waals surface area contributed by atoms with Crippen LogP contribution in [0.3, 0.4) is 0 Å². The summed E-state index contributed by atoms with van der Waals surface area (Å²) in [5, 5.41) is 0. The van der Waals surface area contributed by atoms with Crippen LogP contribution in [0, 0.1) is 5.82 Å². The lowest BCUT2D eigenvalue weighted by atomic mass is 10.2. The summed E-state index contributed by atoms with van der Waals surface area (Å²) in [6, 6.07) is 4.03. The molecule has 0 aliphatic heterocycles. The minimum Gasteiger partial charge on any atom is -0.467 e. The monoisotopic (exact) mass is 287 g/mol. The number of methoxy groups -OCH3 is 1. The maximum absolute atomic E-state index is 13.2. The van der Waals surface area contributed by atoms with Gasteiger partial charge in [0.2, 0.25) is 0 Å². The molecule has 0 amide bonds. The Kier molecular flexibility index (Phi) is 5.62. The van der Waals surface area contributed by atoms with Crippen molar-refractivity contribution in [1.29, 1.82) is 0 Å². The van der Waals surface area contributed by atoms with E-state index < -0.39 is 21.5 Å². The van der Waals surface area contributed by atoms with E-state index in [2.05, 4.69) is 4.40 Å². The van der Waals surface area contributed by atoms with Gasteiger partial charge in [0, 0.05) is 18.9 Å². The topological polar surface area (TPSA) is 47.9 Å². The highest BCUT2D eigenvalue weighted by molar-refractivity contribution is 7.85. The Morgan fingerprint density at radius 2 is 2.11 bits per heavy atom. The van der Waals surface area contributed by atoms with Crippen LogP contribution < -0.4 is 4.74 Å². The zero-order valence-electron chi connectivity index (χ0n) is 11.5. The van der Waals surface area contributed by atoms with Crippen molar-refractivity contribution < 1.29 is 18.1 Å². The second-order valence-electron chi connectivity index (χ2n) is 4.83. The first-order valence-corrected chi connectivity index (χ1v) is 6.82. The molecule has 1 aromatic carbocycles. The lowest BCUT2D eigenvalue weighted by Crippen LogP contribution is -2.19. The molecule has 0 heterocycles. The van der Waals surface area contributed by atoms with Gasteiger partial charge < -0.3 is 9.47 Å². The SMILES string of the molecule is COCOc1ccc(F)cc1/C=N/[S@@](=O)C(C)(C)C. The zero-order chi connectivity index (χ0) is 14.5. The van der Waals surface area contributed by atoms with Gasteiger partial charge in [-0.1, -0.05) is 0 Å². The predicted molar refractivity (Wildman–Crippen MR) is 74.4 cm³/mol. The van der Waals surface area contributed by atoms with E-state index in [4.69, 9.17) is 9.47 Å². The highest BCUT2D eigenvalue weighted by Crippen LogP contribution is 2.19. The van der Waals surface area contributed by atoms with Gasteiger partial charge in [0.25, 0.3) is 0 Å². The average Bonchev–Trinajstić information content (AvgIpc) is 2.33. The second kappa shape index (κ2) is 6.77. The third-order valence-corrected chi connectivity index (χ3v) is 3.46. The van der Waals surface area contributed by atoms with E-state index in [9.17, 15) is 8.60 Å². The summed E-state index contributed by atoms with van der Waals surface area (Å²) in [6.07, 6.45) is 1.36. The summed E-state index contributed by atoms with van der Waals surface area (Å²) in [6.45, 7) is 5.49. The maximum atomic E-state index is 13.2. The summed E-state index contributed by atoms with van der Waals surface area (Å²) in [7, 11) is 0.0938. The standard InChI is InChI=1S/C13H18FNO3S/c1-13(2,3)19(16)15-8-10-7-11(14)5-6-12(10)18-9-17-4/h5-8H,9H2,1-4H3/b15-8+/t19-/m0/s1. The van der Waals surface area contributed by atoms with Crippen LogP contribution in [0.25, 0.3) is 0 Å². The van der Waals surface area contributed by atoms with Gasteiger partial charge in [-0.05, 0) is 39.0 Å². The van der Waals surface area contributed by atoms with Crippen molar-refractivity contribution in [2.45, 2.75) is 25.5 Å². The summed E-state index contributed by atoms with van der Waals surface area (Å²) in [5.74, 6) is 0.0191. The minimum absolute atomic E-state index is 0.0504. The number of benzene rings is 1. The van der Waals surface area contributed by atoms with Gasteiger partial charge in [-0.25, -0.2) is 8.60 Å². The molecule has 4 nitrogen and oxygen atoms in total. The number of rotatable bonds is 5. The molecule has 106 valence electrons. The largest absolute Gasteiger partial charge is 0.467 e. The molecule has 0 saturated heterocycles. The number of hydrogen-bond donors (Lipinski definition) is 0. The van der Waals surface area contributed by atoms with Crippen molar-refractivity contribution >= 4 is 17.2 Å².